The molecule has 2 fully saturated rings. The highest BCUT2D eigenvalue weighted by atomic mass is 32.2. The van der Waals surface area contributed by atoms with Crippen LogP contribution in [0, 0.1) is 0 Å². The fourth-order valence-corrected chi connectivity index (χ4v) is 3.87. The molecule has 0 saturated carbocycles. The van der Waals surface area contributed by atoms with Crippen LogP contribution in [-0.2, 0) is 14.8 Å². The molecular weight excluding hydrogens is 292 g/mol. The van der Waals surface area contributed by atoms with Gasteiger partial charge in [0, 0.05) is 25.6 Å². The van der Waals surface area contributed by atoms with Crippen molar-refractivity contribution in [3.05, 3.63) is 0 Å². The van der Waals surface area contributed by atoms with Gasteiger partial charge in [0.1, 0.15) is 0 Å². The lowest BCUT2D eigenvalue weighted by molar-refractivity contribution is -0.123. The van der Waals surface area contributed by atoms with Gasteiger partial charge in [0.25, 0.3) is 5.92 Å². The van der Waals surface area contributed by atoms with Crippen LogP contribution >= 0.6 is 0 Å². The van der Waals surface area contributed by atoms with Gasteiger partial charge in [0.2, 0.25) is 15.9 Å². The van der Waals surface area contributed by atoms with Gasteiger partial charge in [-0.3, -0.25) is 10.1 Å². The predicted molar refractivity (Wildman–Crippen MR) is 68.9 cm³/mol. The summed E-state index contributed by atoms with van der Waals surface area (Å²) in [6, 6.07) is -1.19. The van der Waals surface area contributed by atoms with E-state index in [9.17, 15) is 22.0 Å². The molecule has 2 saturated heterocycles. The SMILES string of the molecule is CS(=O)(=O)N1CCC[C@@H]1CNC(=O)C1CC(F)(F)CN1. The van der Waals surface area contributed by atoms with Gasteiger partial charge in [-0.05, 0) is 12.8 Å². The molecule has 2 heterocycles. The largest absolute Gasteiger partial charge is 0.353 e. The second-order valence-corrected chi connectivity index (χ2v) is 7.34. The summed E-state index contributed by atoms with van der Waals surface area (Å²) in [6.07, 6.45) is 2.03. The molecule has 0 aromatic heterocycles. The summed E-state index contributed by atoms with van der Waals surface area (Å²) < 4.78 is 50.4. The Labute approximate surface area is 116 Å². The number of carbonyl (C=O) groups is 1. The molecule has 0 bridgehead atoms. The Bertz CT molecular complexity index is 483. The van der Waals surface area contributed by atoms with E-state index in [1.54, 1.807) is 0 Å². The molecule has 116 valence electrons. The molecule has 1 amide bonds. The van der Waals surface area contributed by atoms with Crippen molar-refractivity contribution in [2.45, 2.75) is 37.3 Å². The Hall–Kier alpha value is -0.800. The Kier molecular flexibility index (Phi) is 4.31. The first-order valence-electron chi connectivity index (χ1n) is 6.55. The van der Waals surface area contributed by atoms with Gasteiger partial charge >= 0.3 is 0 Å². The molecule has 1 unspecified atom stereocenters. The molecule has 0 aromatic carbocycles. The number of nitrogens with one attached hydrogen (secondary N) is 2. The number of carbonyl (C=O) groups excluding carboxylic acids is 1. The summed E-state index contributed by atoms with van der Waals surface area (Å²) in [4.78, 5) is 11.8. The van der Waals surface area contributed by atoms with Crippen molar-refractivity contribution in [3.8, 4) is 0 Å². The molecule has 6 nitrogen and oxygen atoms in total. The van der Waals surface area contributed by atoms with E-state index in [0.717, 1.165) is 12.7 Å². The number of halogens is 2. The molecule has 0 radical (unpaired) electrons. The number of hydrogen-bond donors (Lipinski definition) is 2. The Morgan fingerprint density at radius 3 is 2.75 bits per heavy atom. The summed E-state index contributed by atoms with van der Waals surface area (Å²) >= 11 is 0. The number of sulfonamides is 1. The standard InChI is InChI=1S/C11H19F2N3O3S/c1-20(18,19)16-4-2-3-8(16)6-14-10(17)9-5-11(12,13)7-15-9/h8-9,15H,2-7H2,1H3,(H,14,17)/t8-,9?/m1/s1. The molecule has 2 aliphatic heterocycles. The third-order valence-corrected chi connectivity index (χ3v) is 5.02. The van der Waals surface area contributed by atoms with E-state index >= 15 is 0 Å². The van der Waals surface area contributed by atoms with Crippen LogP contribution in [0.25, 0.3) is 0 Å². The van der Waals surface area contributed by atoms with Crippen LogP contribution in [0.3, 0.4) is 0 Å². The number of alkyl halides is 2. The molecule has 20 heavy (non-hydrogen) atoms. The van der Waals surface area contributed by atoms with Crippen LogP contribution in [0.5, 0.6) is 0 Å². The summed E-state index contributed by atoms with van der Waals surface area (Å²) in [7, 11) is -3.29. The first-order chi connectivity index (χ1) is 9.19. The van der Waals surface area contributed by atoms with Gasteiger partial charge < -0.3 is 5.32 Å². The normalized spacial score (nSPS) is 30.6. The number of nitrogens with zero attached hydrogens (tertiary/aromatic N) is 1. The van der Waals surface area contributed by atoms with Crippen molar-refractivity contribution < 1.29 is 22.0 Å². The lowest BCUT2D eigenvalue weighted by Gasteiger charge is -2.23. The highest BCUT2D eigenvalue weighted by molar-refractivity contribution is 7.88. The van der Waals surface area contributed by atoms with Gasteiger partial charge in [-0.2, -0.15) is 4.31 Å². The highest BCUT2D eigenvalue weighted by Crippen LogP contribution is 2.25. The van der Waals surface area contributed by atoms with E-state index in [2.05, 4.69) is 10.6 Å². The third kappa shape index (κ3) is 3.64. The first-order valence-corrected chi connectivity index (χ1v) is 8.40. The van der Waals surface area contributed by atoms with E-state index in [-0.39, 0.29) is 12.6 Å². The number of hydrogen-bond acceptors (Lipinski definition) is 4. The topological polar surface area (TPSA) is 78.5 Å². The molecule has 0 spiro atoms. The van der Waals surface area contributed by atoms with Gasteiger partial charge in [-0.25, -0.2) is 17.2 Å². The van der Waals surface area contributed by atoms with Crippen LogP contribution in [0.1, 0.15) is 19.3 Å². The van der Waals surface area contributed by atoms with Crippen molar-refractivity contribution in [2.24, 2.45) is 0 Å². The van der Waals surface area contributed by atoms with Crippen molar-refractivity contribution in [1.82, 2.24) is 14.9 Å². The molecule has 0 aliphatic carbocycles. The van der Waals surface area contributed by atoms with Crippen molar-refractivity contribution in [2.75, 3.05) is 25.9 Å². The smallest absolute Gasteiger partial charge is 0.262 e. The van der Waals surface area contributed by atoms with Crippen LogP contribution in [-0.4, -0.2) is 62.5 Å². The summed E-state index contributed by atoms with van der Waals surface area (Å²) in [5, 5.41) is 5.04. The van der Waals surface area contributed by atoms with Gasteiger partial charge in [-0.15, -0.1) is 0 Å². The lowest BCUT2D eigenvalue weighted by atomic mass is 10.1. The van der Waals surface area contributed by atoms with Crippen LogP contribution in [0.15, 0.2) is 0 Å². The fraction of sp³-hybridized carbons (Fsp3) is 0.909. The van der Waals surface area contributed by atoms with Gasteiger partial charge in [0.05, 0.1) is 18.8 Å². The Morgan fingerprint density at radius 1 is 1.50 bits per heavy atom. The third-order valence-electron chi connectivity index (χ3n) is 3.69. The van der Waals surface area contributed by atoms with Crippen molar-refractivity contribution in [1.29, 1.82) is 0 Å². The minimum absolute atomic E-state index is 0.162. The summed E-state index contributed by atoms with van der Waals surface area (Å²) in [5.41, 5.74) is 0. The number of rotatable bonds is 4. The molecule has 2 atom stereocenters. The fourth-order valence-electron chi connectivity index (χ4n) is 2.69. The average molecular weight is 311 g/mol. The van der Waals surface area contributed by atoms with Crippen LogP contribution in [0.4, 0.5) is 8.78 Å². The van der Waals surface area contributed by atoms with E-state index in [1.807, 2.05) is 0 Å². The van der Waals surface area contributed by atoms with Crippen molar-refractivity contribution in [3.63, 3.8) is 0 Å². The zero-order chi connectivity index (χ0) is 15.0. The van der Waals surface area contributed by atoms with E-state index in [4.69, 9.17) is 0 Å². The molecule has 2 aliphatic rings. The molecule has 2 N–H and O–H groups in total. The quantitative estimate of drug-likeness (QED) is 0.735. The minimum Gasteiger partial charge on any atom is -0.353 e. The first kappa shape index (κ1) is 15.6. The summed E-state index contributed by atoms with van der Waals surface area (Å²) in [5.74, 6) is -3.35. The molecule has 2 rings (SSSR count). The molecular formula is C11H19F2N3O3S. The van der Waals surface area contributed by atoms with Gasteiger partial charge in [0.15, 0.2) is 0 Å². The molecule has 0 aromatic rings. The van der Waals surface area contributed by atoms with E-state index < -0.39 is 40.9 Å². The zero-order valence-electron chi connectivity index (χ0n) is 11.2. The zero-order valence-corrected chi connectivity index (χ0v) is 12.0. The predicted octanol–water partition coefficient (Wildman–Crippen LogP) is -0.476. The molecule has 9 heteroatoms. The maximum absolute atomic E-state index is 13.0. The second kappa shape index (κ2) is 5.53. The van der Waals surface area contributed by atoms with Gasteiger partial charge in [-0.1, -0.05) is 0 Å². The van der Waals surface area contributed by atoms with E-state index in [0.29, 0.717) is 13.0 Å². The van der Waals surface area contributed by atoms with Crippen LogP contribution in [0.2, 0.25) is 0 Å². The average Bonchev–Trinajstić information content (AvgIpc) is 2.91. The summed E-state index contributed by atoms with van der Waals surface area (Å²) in [6.45, 7) is 0.110. The Morgan fingerprint density at radius 2 is 2.20 bits per heavy atom. The maximum atomic E-state index is 13.0. The second-order valence-electron chi connectivity index (χ2n) is 5.41. The van der Waals surface area contributed by atoms with E-state index in [1.165, 1.54) is 4.31 Å². The minimum atomic E-state index is -3.29. The Balaban J connectivity index is 1.85. The van der Waals surface area contributed by atoms with Crippen molar-refractivity contribution >= 4 is 15.9 Å². The number of amides is 1. The van der Waals surface area contributed by atoms with Crippen LogP contribution < -0.4 is 10.6 Å². The monoisotopic (exact) mass is 311 g/mol. The maximum Gasteiger partial charge on any atom is 0.262 e. The lowest BCUT2D eigenvalue weighted by Crippen LogP contribution is -2.47. The highest BCUT2D eigenvalue weighted by Gasteiger charge is 2.42.